The largest absolute Gasteiger partial charge is 0.485 e. The highest BCUT2D eigenvalue weighted by Gasteiger charge is 2.49. The Hall–Kier alpha value is -2.19. The van der Waals surface area contributed by atoms with Crippen LogP contribution in [0.4, 0.5) is 0 Å². The molecule has 1 unspecified atom stereocenters. The van der Waals surface area contributed by atoms with Crippen molar-refractivity contribution in [2.24, 2.45) is 0 Å². The number of hydrogen-bond acceptors (Lipinski definition) is 6. The van der Waals surface area contributed by atoms with E-state index in [0.717, 1.165) is 0 Å². The minimum atomic E-state index is -3.74. The predicted molar refractivity (Wildman–Crippen MR) is 88.1 cm³/mol. The number of carbonyl (C=O) groups is 1. The number of ether oxygens (including phenoxy) is 1. The lowest BCUT2D eigenvalue weighted by Gasteiger charge is -2.34. The molecule has 132 valence electrons. The van der Waals surface area contributed by atoms with Crippen LogP contribution >= 0.6 is 0 Å². The van der Waals surface area contributed by atoms with E-state index in [0.29, 0.717) is 30.0 Å². The number of benzene rings is 1. The number of sulfonamides is 1. The molecule has 0 saturated carbocycles. The molecule has 4 rings (SSSR count). The summed E-state index contributed by atoms with van der Waals surface area (Å²) in [5.74, 6) is 0.776. The van der Waals surface area contributed by atoms with E-state index in [9.17, 15) is 13.2 Å². The van der Waals surface area contributed by atoms with Gasteiger partial charge in [0.15, 0.2) is 11.5 Å². The quantitative estimate of drug-likeness (QED) is 0.813. The molecule has 0 amide bonds. The summed E-state index contributed by atoms with van der Waals surface area (Å²) in [6.45, 7) is 3.61. The smallest absolute Gasteiger partial charge is 0.248 e. The third-order valence-electron chi connectivity index (χ3n) is 4.84. The fourth-order valence-corrected chi connectivity index (χ4v) is 5.46. The highest BCUT2D eigenvalue weighted by molar-refractivity contribution is 7.89. The predicted octanol–water partition coefficient (Wildman–Crippen LogP) is 2.09. The van der Waals surface area contributed by atoms with Gasteiger partial charge in [-0.1, -0.05) is 17.3 Å². The van der Waals surface area contributed by atoms with Crippen LogP contribution in [-0.2, 0) is 10.0 Å². The molecule has 1 saturated heterocycles. The minimum Gasteiger partial charge on any atom is -0.485 e. The topological polar surface area (TPSA) is 89.7 Å². The highest BCUT2D eigenvalue weighted by atomic mass is 32.2. The van der Waals surface area contributed by atoms with Crippen molar-refractivity contribution in [3.05, 3.63) is 41.3 Å². The number of aromatic nitrogens is 1. The molecule has 1 fully saturated rings. The van der Waals surface area contributed by atoms with E-state index >= 15 is 0 Å². The van der Waals surface area contributed by atoms with Crippen molar-refractivity contribution in [1.82, 2.24) is 9.46 Å². The zero-order valence-corrected chi connectivity index (χ0v) is 14.8. The van der Waals surface area contributed by atoms with Crippen molar-refractivity contribution < 1.29 is 22.5 Å². The second-order valence-corrected chi connectivity index (χ2v) is 8.50. The zero-order valence-electron chi connectivity index (χ0n) is 14.0. The summed E-state index contributed by atoms with van der Waals surface area (Å²) in [4.78, 5) is 12.6. The number of aryl methyl sites for hydroxylation is 2. The van der Waals surface area contributed by atoms with Crippen LogP contribution in [-0.4, -0.2) is 42.4 Å². The van der Waals surface area contributed by atoms with Crippen molar-refractivity contribution in [2.45, 2.75) is 37.2 Å². The summed E-state index contributed by atoms with van der Waals surface area (Å²) >= 11 is 0. The van der Waals surface area contributed by atoms with Gasteiger partial charge in [0.25, 0.3) is 0 Å². The summed E-state index contributed by atoms with van der Waals surface area (Å²) in [6.07, 6.45) is 0.646. The second-order valence-electron chi connectivity index (χ2n) is 6.62. The molecule has 2 aromatic rings. The van der Waals surface area contributed by atoms with Gasteiger partial charge in [0.1, 0.15) is 21.9 Å². The van der Waals surface area contributed by atoms with Crippen LogP contribution in [0.2, 0.25) is 0 Å². The van der Waals surface area contributed by atoms with Crippen LogP contribution < -0.4 is 4.74 Å². The Kier molecular flexibility index (Phi) is 3.52. The minimum absolute atomic E-state index is 0.0153. The summed E-state index contributed by atoms with van der Waals surface area (Å²) in [6, 6.07) is 7.08. The first-order chi connectivity index (χ1) is 11.8. The molecule has 1 aromatic carbocycles. The van der Waals surface area contributed by atoms with E-state index in [1.165, 1.54) is 4.31 Å². The lowest BCUT2D eigenvalue weighted by molar-refractivity contribution is 0.0498. The standard InChI is InChI=1S/C17H18N2O5S/c1-11-16(12(2)24-18-11)25(21,22)19-8-7-17(10-19)9-14(20)13-5-3-4-6-15(13)23-17/h3-6H,7-10H2,1-2H3. The Morgan fingerprint density at radius 1 is 1.24 bits per heavy atom. The molecule has 0 aliphatic carbocycles. The number of nitrogens with zero attached hydrogens (tertiary/aromatic N) is 2. The molecule has 2 aliphatic rings. The molecule has 0 N–H and O–H groups in total. The van der Waals surface area contributed by atoms with Crippen LogP contribution in [0.1, 0.15) is 34.7 Å². The fraction of sp³-hybridized carbons (Fsp3) is 0.412. The van der Waals surface area contributed by atoms with Crippen molar-refractivity contribution >= 4 is 15.8 Å². The Morgan fingerprint density at radius 3 is 2.72 bits per heavy atom. The molecule has 3 heterocycles. The summed E-state index contributed by atoms with van der Waals surface area (Å²) in [5.41, 5.74) is 0.0851. The van der Waals surface area contributed by atoms with Crippen LogP contribution in [0, 0.1) is 13.8 Å². The SMILES string of the molecule is Cc1noc(C)c1S(=O)(=O)N1CCC2(CC(=O)c3ccccc3O2)C1. The van der Waals surface area contributed by atoms with E-state index in [2.05, 4.69) is 5.16 Å². The van der Waals surface area contributed by atoms with Gasteiger partial charge in [0.05, 0.1) is 18.5 Å². The molecule has 1 atom stereocenters. The molecular weight excluding hydrogens is 344 g/mol. The molecule has 0 radical (unpaired) electrons. The first kappa shape index (κ1) is 16.3. The van der Waals surface area contributed by atoms with Crippen molar-refractivity contribution in [2.75, 3.05) is 13.1 Å². The molecule has 7 nitrogen and oxygen atoms in total. The maximum absolute atomic E-state index is 13.0. The molecule has 1 aromatic heterocycles. The maximum atomic E-state index is 13.0. The van der Waals surface area contributed by atoms with Crippen LogP contribution in [0.15, 0.2) is 33.7 Å². The number of hydrogen-bond donors (Lipinski definition) is 0. The van der Waals surface area contributed by atoms with Gasteiger partial charge in [-0.05, 0) is 26.0 Å². The number of carbonyl (C=O) groups excluding carboxylic acids is 1. The number of rotatable bonds is 2. The van der Waals surface area contributed by atoms with Crippen molar-refractivity contribution in [1.29, 1.82) is 0 Å². The number of para-hydroxylation sites is 1. The number of Topliss-reactive ketones (excluding diaryl/α,β-unsaturated/α-hetero) is 1. The van der Waals surface area contributed by atoms with Crippen molar-refractivity contribution in [3.63, 3.8) is 0 Å². The van der Waals surface area contributed by atoms with Crippen LogP contribution in [0.5, 0.6) is 5.75 Å². The number of ketones is 1. The van der Waals surface area contributed by atoms with Gasteiger partial charge in [-0.2, -0.15) is 4.31 Å². The summed E-state index contributed by atoms with van der Waals surface area (Å²) in [7, 11) is -3.74. The Bertz CT molecular complexity index is 946. The number of fused-ring (bicyclic) bond motifs is 1. The normalized spacial score (nSPS) is 23.7. The lowest BCUT2D eigenvalue weighted by Crippen LogP contribution is -2.45. The Balaban J connectivity index is 1.65. The Morgan fingerprint density at radius 2 is 2.00 bits per heavy atom. The first-order valence-electron chi connectivity index (χ1n) is 8.07. The van der Waals surface area contributed by atoms with Crippen LogP contribution in [0.3, 0.4) is 0 Å². The van der Waals surface area contributed by atoms with E-state index < -0.39 is 15.6 Å². The summed E-state index contributed by atoms with van der Waals surface area (Å²) in [5, 5.41) is 3.73. The third kappa shape index (κ3) is 2.47. The van der Waals surface area contributed by atoms with Gasteiger partial charge in [-0.3, -0.25) is 4.79 Å². The van der Waals surface area contributed by atoms with Gasteiger partial charge >= 0.3 is 0 Å². The molecule has 8 heteroatoms. The molecular formula is C17H18N2O5S. The van der Waals surface area contributed by atoms with E-state index in [4.69, 9.17) is 9.26 Å². The van der Waals surface area contributed by atoms with Crippen molar-refractivity contribution in [3.8, 4) is 5.75 Å². The third-order valence-corrected chi connectivity index (χ3v) is 6.93. The maximum Gasteiger partial charge on any atom is 0.248 e. The first-order valence-corrected chi connectivity index (χ1v) is 9.51. The van der Waals surface area contributed by atoms with Gasteiger partial charge in [0, 0.05) is 13.0 Å². The van der Waals surface area contributed by atoms with Gasteiger partial charge in [-0.25, -0.2) is 8.42 Å². The van der Waals surface area contributed by atoms with Gasteiger partial charge < -0.3 is 9.26 Å². The zero-order chi connectivity index (χ0) is 17.8. The average molecular weight is 362 g/mol. The molecule has 1 spiro atoms. The van der Waals surface area contributed by atoms with E-state index in [1.807, 2.05) is 0 Å². The second kappa shape index (κ2) is 5.40. The Labute approximate surface area is 145 Å². The van der Waals surface area contributed by atoms with Crippen LogP contribution in [0.25, 0.3) is 0 Å². The monoisotopic (exact) mass is 362 g/mol. The van der Waals surface area contributed by atoms with Gasteiger partial charge in [-0.15, -0.1) is 0 Å². The molecule has 25 heavy (non-hydrogen) atoms. The average Bonchev–Trinajstić information content (AvgIpc) is 3.12. The summed E-state index contributed by atoms with van der Waals surface area (Å²) < 4.78 is 38.4. The molecule has 0 bridgehead atoms. The van der Waals surface area contributed by atoms with E-state index in [1.54, 1.807) is 38.1 Å². The highest BCUT2D eigenvalue weighted by Crippen LogP contribution is 2.40. The van der Waals surface area contributed by atoms with E-state index in [-0.39, 0.29) is 29.4 Å². The van der Waals surface area contributed by atoms with Gasteiger partial charge in [0.2, 0.25) is 10.0 Å². The fourth-order valence-electron chi connectivity index (χ4n) is 3.66. The lowest BCUT2D eigenvalue weighted by atomic mass is 9.89. The molecule has 2 aliphatic heterocycles.